The van der Waals surface area contributed by atoms with Crippen LogP contribution in [0.1, 0.15) is 31.2 Å². The number of nitrogens with zero attached hydrogens (tertiary/aromatic N) is 4. The van der Waals surface area contributed by atoms with Gasteiger partial charge in [0.2, 0.25) is 5.95 Å². The number of hydrogen-bond donors (Lipinski definition) is 1. The summed E-state index contributed by atoms with van der Waals surface area (Å²) in [5, 5.41) is 3.59. The van der Waals surface area contributed by atoms with Crippen LogP contribution in [-0.2, 0) is 6.54 Å². The average molecular weight is 287 g/mol. The Morgan fingerprint density at radius 2 is 1.90 bits per heavy atom. The molecule has 114 valence electrons. The highest BCUT2D eigenvalue weighted by Gasteiger charge is 2.31. The summed E-state index contributed by atoms with van der Waals surface area (Å²) in [7, 11) is 0. The van der Waals surface area contributed by atoms with Crippen LogP contribution in [0.2, 0.25) is 0 Å². The first-order valence-corrected chi connectivity index (χ1v) is 8.39. The van der Waals surface area contributed by atoms with Crippen molar-refractivity contribution in [1.82, 2.24) is 20.2 Å². The number of aromatic nitrogens is 2. The highest BCUT2D eigenvalue weighted by Crippen LogP contribution is 2.25. The number of hydrogen-bond acceptors (Lipinski definition) is 5. The maximum Gasteiger partial charge on any atom is 0.225 e. The molecular formula is C16H25N5. The van der Waals surface area contributed by atoms with Gasteiger partial charge < -0.3 is 10.2 Å². The molecule has 5 heteroatoms. The molecule has 5 heterocycles. The standard InChI is InChI=1S/C16H25N5/c1-2-6-20(5-1)16-18-8-14(9-19-16)12-21-11-13-3-4-15(21)10-17-7-13/h8-9,13,15,17H,1-7,10-12H2/t13-,15+/m1/s1. The van der Waals surface area contributed by atoms with Crippen molar-refractivity contribution in [3.05, 3.63) is 18.0 Å². The third kappa shape index (κ3) is 2.90. The van der Waals surface area contributed by atoms with E-state index in [-0.39, 0.29) is 0 Å². The molecule has 1 aromatic rings. The summed E-state index contributed by atoms with van der Waals surface area (Å²) in [5.41, 5.74) is 1.26. The Kier molecular flexibility index (Phi) is 3.78. The Hall–Kier alpha value is -1.20. The van der Waals surface area contributed by atoms with E-state index < -0.39 is 0 Å². The smallest absolute Gasteiger partial charge is 0.225 e. The van der Waals surface area contributed by atoms with Gasteiger partial charge >= 0.3 is 0 Å². The molecule has 1 N–H and O–H groups in total. The van der Waals surface area contributed by atoms with Gasteiger partial charge in [0.05, 0.1) is 0 Å². The van der Waals surface area contributed by atoms with Crippen LogP contribution in [0.5, 0.6) is 0 Å². The first-order valence-electron chi connectivity index (χ1n) is 8.39. The lowest BCUT2D eigenvalue weighted by molar-refractivity contribution is 0.126. The van der Waals surface area contributed by atoms with Crippen molar-refractivity contribution in [3.8, 4) is 0 Å². The van der Waals surface area contributed by atoms with Gasteiger partial charge in [0.15, 0.2) is 0 Å². The Morgan fingerprint density at radius 3 is 2.71 bits per heavy atom. The summed E-state index contributed by atoms with van der Waals surface area (Å²) >= 11 is 0. The van der Waals surface area contributed by atoms with E-state index in [9.17, 15) is 0 Å². The summed E-state index contributed by atoms with van der Waals surface area (Å²) in [4.78, 5) is 14.1. The van der Waals surface area contributed by atoms with Gasteiger partial charge in [-0.15, -0.1) is 0 Å². The molecule has 4 aliphatic rings. The fourth-order valence-corrected chi connectivity index (χ4v) is 3.97. The lowest BCUT2D eigenvalue weighted by Crippen LogP contribution is -2.43. The van der Waals surface area contributed by atoms with E-state index in [1.54, 1.807) is 0 Å². The van der Waals surface area contributed by atoms with Gasteiger partial charge in [-0.05, 0) is 38.1 Å². The van der Waals surface area contributed by atoms with Crippen LogP contribution in [-0.4, -0.2) is 53.6 Å². The number of nitrogens with one attached hydrogen (secondary N) is 1. The second-order valence-electron chi connectivity index (χ2n) is 6.77. The number of fused-ring (bicyclic) bond motifs is 4. The summed E-state index contributed by atoms with van der Waals surface area (Å²) in [6, 6.07) is 0.696. The Morgan fingerprint density at radius 1 is 1.10 bits per heavy atom. The molecule has 0 aromatic carbocycles. The monoisotopic (exact) mass is 287 g/mol. The van der Waals surface area contributed by atoms with Gasteiger partial charge in [-0.1, -0.05) is 0 Å². The molecular weight excluding hydrogens is 262 g/mol. The molecule has 2 bridgehead atoms. The second-order valence-corrected chi connectivity index (χ2v) is 6.77. The van der Waals surface area contributed by atoms with Gasteiger partial charge in [0.1, 0.15) is 0 Å². The van der Waals surface area contributed by atoms with Crippen molar-refractivity contribution in [2.75, 3.05) is 37.6 Å². The van der Waals surface area contributed by atoms with Crippen LogP contribution in [0, 0.1) is 5.92 Å². The van der Waals surface area contributed by atoms with Crippen LogP contribution in [0.15, 0.2) is 12.4 Å². The minimum absolute atomic E-state index is 0.696. The van der Waals surface area contributed by atoms with Gasteiger partial charge in [-0.3, -0.25) is 4.90 Å². The highest BCUT2D eigenvalue weighted by molar-refractivity contribution is 5.31. The zero-order valence-electron chi connectivity index (χ0n) is 12.7. The van der Waals surface area contributed by atoms with Gasteiger partial charge in [0.25, 0.3) is 0 Å². The van der Waals surface area contributed by atoms with E-state index in [1.165, 1.54) is 44.3 Å². The Labute approximate surface area is 126 Å². The first kappa shape index (κ1) is 13.5. The maximum absolute atomic E-state index is 4.58. The Bertz CT molecular complexity index is 464. The van der Waals surface area contributed by atoms with Gasteiger partial charge in [-0.2, -0.15) is 0 Å². The van der Waals surface area contributed by atoms with Crippen molar-refractivity contribution in [3.63, 3.8) is 0 Å². The predicted octanol–water partition coefficient (Wildman–Crippen LogP) is 1.26. The van der Waals surface area contributed by atoms with Crippen LogP contribution in [0.25, 0.3) is 0 Å². The van der Waals surface area contributed by atoms with Gasteiger partial charge in [0, 0.05) is 56.7 Å². The van der Waals surface area contributed by atoms with E-state index in [4.69, 9.17) is 0 Å². The summed E-state index contributed by atoms with van der Waals surface area (Å²) in [6.07, 6.45) is 9.34. The quantitative estimate of drug-likeness (QED) is 0.907. The fourth-order valence-electron chi connectivity index (χ4n) is 3.97. The molecule has 0 radical (unpaired) electrons. The molecule has 4 fully saturated rings. The lowest BCUT2D eigenvalue weighted by atomic mass is 9.95. The number of piperidine rings is 1. The molecule has 5 rings (SSSR count). The third-order valence-corrected chi connectivity index (χ3v) is 5.20. The lowest BCUT2D eigenvalue weighted by Gasteiger charge is -2.36. The van der Waals surface area contributed by atoms with Crippen molar-refractivity contribution >= 4 is 5.95 Å². The predicted molar refractivity (Wildman–Crippen MR) is 83.3 cm³/mol. The normalized spacial score (nSPS) is 29.8. The van der Waals surface area contributed by atoms with Crippen molar-refractivity contribution in [2.45, 2.75) is 38.3 Å². The van der Waals surface area contributed by atoms with Crippen molar-refractivity contribution in [1.29, 1.82) is 0 Å². The Balaban J connectivity index is 1.42. The molecule has 4 saturated heterocycles. The summed E-state index contributed by atoms with van der Waals surface area (Å²) in [5.74, 6) is 1.74. The zero-order valence-corrected chi connectivity index (χ0v) is 12.7. The van der Waals surface area contributed by atoms with Crippen LogP contribution in [0.4, 0.5) is 5.95 Å². The van der Waals surface area contributed by atoms with Crippen molar-refractivity contribution < 1.29 is 0 Å². The van der Waals surface area contributed by atoms with E-state index in [0.717, 1.165) is 38.0 Å². The van der Waals surface area contributed by atoms with Crippen LogP contribution < -0.4 is 10.2 Å². The molecule has 21 heavy (non-hydrogen) atoms. The maximum atomic E-state index is 4.58. The molecule has 4 aliphatic heterocycles. The molecule has 5 nitrogen and oxygen atoms in total. The van der Waals surface area contributed by atoms with E-state index >= 15 is 0 Å². The molecule has 1 aromatic heterocycles. The molecule has 0 saturated carbocycles. The zero-order chi connectivity index (χ0) is 14.1. The van der Waals surface area contributed by atoms with E-state index in [2.05, 4.69) is 25.1 Å². The fraction of sp³-hybridized carbons (Fsp3) is 0.750. The van der Waals surface area contributed by atoms with Crippen LogP contribution >= 0.6 is 0 Å². The number of anilines is 1. The minimum atomic E-state index is 0.696. The van der Waals surface area contributed by atoms with Crippen molar-refractivity contribution in [2.24, 2.45) is 5.92 Å². The topological polar surface area (TPSA) is 44.3 Å². The number of rotatable bonds is 3. The molecule has 0 aliphatic carbocycles. The third-order valence-electron chi connectivity index (χ3n) is 5.20. The summed E-state index contributed by atoms with van der Waals surface area (Å²) < 4.78 is 0. The molecule has 2 atom stereocenters. The first-order chi connectivity index (χ1) is 10.4. The minimum Gasteiger partial charge on any atom is -0.341 e. The van der Waals surface area contributed by atoms with E-state index in [0.29, 0.717) is 6.04 Å². The van der Waals surface area contributed by atoms with Gasteiger partial charge in [-0.25, -0.2) is 9.97 Å². The second kappa shape index (κ2) is 5.89. The largest absolute Gasteiger partial charge is 0.341 e. The molecule has 0 spiro atoms. The van der Waals surface area contributed by atoms with Crippen LogP contribution in [0.3, 0.4) is 0 Å². The average Bonchev–Trinajstić information content (AvgIpc) is 2.87. The summed E-state index contributed by atoms with van der Waals surface area (Å²) in [6.45, 7) is 6.79. The molecule has 0 unspecified atom stereocenters. The molecule has 0 amide bonds. The SMILES string of the molecule is c1nc(N2CCCC2)ncc1CN1C[C@@H]2CC[C@H]1CNC2. The van der Waals surface area contributed by atoms with E-state index in [1.807, 2.05) is 12.4 Å². The highest BCUT2D eigenvalue weighted by atomic mass is 15.3.